The fraction of sp³-hybridized carbons (Fsp3) is 0.474. The Balaban J connectivity index is 1.45. The Bertz CT molecular complexity index is 778. The lowest BCUT2D eigenvalue weighted by molar-refractivity contribution is -0.130. The van der Waals surface area contributed by atoms with Gasteiger partial charge in [0.15, 0.2) is 5.82 Å². The van der Waals surface area contributed by atoms with Gasteiger partial charge in [-0.25, -0.2) is 4.98 Å². The molecule has 4 N–H and O–H groups in total. The molecule has 3 rings (SSSR count). The van der Waals surface area contributed by atoms with E-state index in [1.54, 1.807) is 6.92 Å². The smallest absolute Gasteiger partial charge is 0.224 e. The molecule has 0 spiro atoms. The molecular formula is C19H26N6O2. The van der Waals surface area contributed by atoms with Gasteiger partial charge in [-0.15, -0.1) is 0 Å². The van der Waals surface area contributed by atoms with E-state index in [4.69, 9.17) is 5.73 Å². The van der Waals surface area contributed by atoms with Crippen molar-refractivity contribution in [2.75, 3.05) is 18.4 Å². The Hall–Kier alpha value is -2.74. The first kappa shape index (κ1) is 19.0. The predicted molar refractivity (Wildman–Crippen MR) is 103 cm³/mol. The van der Waals surface area contributed by atoms with Crippen LogP contribution in [0.1, 0.15) is 38.4 Å². The van der Waals surface area contributed by atoms with Crippen LogP contribution in [0, 0.1) is 5.92 Å². The Morgan fingerprint density at radius 1 is 1.26 bits per heavy atom. The Labute approximate surface area is 158 Å². The van der Waals surface area contributed by atoms with Gasteiger partial charge in [-0.3, -0.25) is 14.7 Å². The van der Waals surface area contributed by atoms with Crippen molar-refractivity contribution in [3.05, 3.63) is 30.1 Å². The van der Waals surface area contributed by atoms with Crippen molar-refractivity contribution in [3.8, 4) is 11.4 Å². The third-order valence-electron chi connectivity index (χ3n) is 4.99. The van der Waals surface area contributed by atoms with E-state index in [1.807, 2.05) is 29.2 Å². The molecule has 27 heavy (non-hydrogen) atoms. The van der Waals surface area contributed by atoms with Gasteiger partial charge in [0.25, 0.3) is 0 Å². The summed E-state index contributed by atoms with van der Waals surface area (Å²) < 4.78 is 0. The third kappa shape index (κ3) is 5.13. The second kappa shape index (κ2) is 8.77. The molecular weight excluding hydrogens is 344 g/mol. The summed E-state index contributed by atoms with van der Waals surface area (Å²) in [6.45, 7) is 3.53. The number of hydrogen-bond acceptors (Lipinski definition) is 5. The van der Waals surface area contributed by atoms with Crippen molar-refractivity contribution in [1.82, 2.24) is 20.1 Å². The van der Waals surface area contributed by atoms with Gasteiger partial charge < -0.3 is 16.0 Å². The monoisotopic (exact) mass is 370 g/mol. The minimum atomic E-state index is 0.0139. The molecule has 1 aromatic carbocycles. The minimum Gasteiger partial charge on any atom is -0.343 e. The molecule has 1 aliphatic heterocycles. The van der Waals surface area contributed by atoms with Crippen LogP contribution in [0.2, 0.25) is 0 Å². The van der Waals surface area contributed by atoms with E-state index in [1.165, 1.54) is 0 Å². The van der Waals surface area contributed by atoms with Crippen molar-refractivity contribution in [1.29, 1.82) is 0 Å². The fourth-order valence-electron chi connectivity index (χ4n) is 3.31. The molecule has 2 heterocycles. The highest BCUT2D eigenvalue weighted by Crippen LogP contribution is 2.23. The van der Waals surface area contributed by atoms with Gasteiger partial charge >= 0.3 is 0 Å². The van der Waals surface area contributed by atoms with Crippen LogP contribution in [0.25, 0.3) is 11.4 Å². The SMILES string of the molecule is CC(=O)N1CCC(CCC(=O)Nc2ccc(-c3n[nH]c(CN)n3)cc2)CC1. The van der Waals surface area contributed by atoms with E-state index in [0.29, 0.717) is 30.5 Å². The minimum absolute atomic E-state index is 0.0139. The zero-order valence-corrected chi connectivity index (χ0v) is 15.6. The summed E-state index contributed by atoms with van der Waals surface area (Å²) >= 11 is 0. The van der Waals surface area contributed by atoms with Crippen LogP contribution in [0.15, 0.2) is 24.3 Å². The number of rotatable bonds is 6. The summed E-state index contributed by atoms with van der Waals surface area (Å²) in [6.07, 6.45) is 3.30. The summed E-state index contributed by atoms with van der Waals surface area (Å²) in [5, 5.41) is 9.83. The van der Waals surface area contributed by atoms with Gasteiger partial charge in [-0.1, -0.05) is 0 Å². The molecule has 1 aromatic heterocycles. The lowest BCUT2D eigenvalue weighted by Gasteiger charge is -2.31. The molecule has 0 unspecified atom stereocenters. The van der Waals surface area contributed by atoms with E-state index in [-0.39, 0.29) is 11.8 Å². The average molecular weight is 370 g/mol. The van der Waals surface area contributed by atoms with Crippen LogP contribution >= 0.6 is 0 Å². The van der Waals surface area contributed by atoms with Crippen LogP contribution in [-0.4, -0.2) is 45.0 Å². The van der Waals surface area contributed by atoms with E-state index in [2.05, 4.69) is 20.5 Å². The number of hydrogen-bond donors (Lipinski definition) is 3. The highest BCUT2D eigenvalue weighted by atomic mass is 16.2. The number of aromatic amines is 1. The summed E-state index contributed by atoms with van der Waals surface area (Å²) in [5.41, 5.74) is 7.14. The highest BCUT2D eigenvalue weighted by molar-refractivity contribution is 5.90. The van der Waals surface area contributed by atoms with Crippen LogP contribution in [0.5, 0.6) is 0 Å². The number of piperidine rings is 1. The van der Waals surface area contributed by atoms with Crippen molar-refractivity contribution < 1.29 is 9.59 Å². The van der Waals surface area contributed by atoms with Gasteiger partial charge in [0.05, 0.1) is 6.54 Å². The molecule has 1 fully saturated rings. The summed E-state index contributed by atoms with van der Waals surface area (Å²) in [6, 6.07) is 7.43. The molecule has 1 saturated heterocycles. The molecule has 0 atom stereocenters. The molecule has 0 saturated carbocycles. The molecule has 0 radical (unpaired) electrons. The highest BCUT2D eigenvalue weighted by Gasteiger charge is 2.21. The lowest BCUT2D eigenvalue weighted by Crippen LogP contribution is -2.37. The third-order valence-corrected chi connectivity index (χ3v) is 4.99. The van der Waals surface area contributed by atoms with E-state index in [0.717, 1.165) is 43.6 Å². The van der Waals surface area contributed by atoms with Crippen molar-refractivity contribution in [2.45, 2.75) is 39.2 Å². The molecule has 2 amide bonds. The van der Waals surface area contributed by atoms with Gasteiger partial charge in [0.1, 0.15) is 5.82 Å². The first-order valence-corrected chi connectivity index (χ1v) is 9.32. The molecule has 144 valence electrons. The first-order valence-electron chi connectivity index (χ1n) is 9.32. The standard InChI is InChI=1S/C19H26N6O2/c1-13(26)25-10-8-14(9-11-25)2-7-18(27)21-16-5-3-15(4-6-16)19-22-17(12-20)23-24-19/h3-6,14H,2,7-12,20H2,1H3,(H,21,27)(H,22,23,24). The quantitative estimate of drug-likeness (QED) is 0.718. The molecule has 0 bridgehead atoms. The zero-order chi connectivity index (χ0) is 19.2. The summed E-state index contributed by atoms with van der Waals surface area (Å²) in [5.74, 6) is 1.89. The van der Waals surface area contributed by atoms with Gasteiger partial charge in [-0.05, 0) is 49.4 Å². The van der Waals surface area contributed by atoms with E-state index < -0.39 is 0 Å². The number of benzene rings is 1. The number of likely N-dealkylation sites (tertiary alicyclic amines) is 1. The van der Waals surface area contributed by atoms with Crippen molar-refractivity contribution in [2.24, 2.45) is 11.7 Å². The number of nitrogens with zero attached hydrogens (tertiary/aromatic N) is 3. The van der Waals surface area contributed by atoms with Gasteiger partial charge in [0.2, 0.25) is 11.8 Å². The number of carbonyl (C=O) groups is 2. The largest absolute Gasteiger partial charge is 0.343 e. The number of anilines is 1. The molecule has 0 aliphatic carbocycles. The molecule has 2 aromatic rings. The molecule has 1 aliphatic rings. The van der Waals surface area contributed by atoms with Crippen LogP contribution in [0.4, 0.5) is 5.69 Å². The lowest BCUT2D eigenvalue weighted by atomic mass is 9.92. The first-order chi connectivity index (χ1) is 13.0. The molecule has 8 heteroatoms. The average Bonchev–Trinajstić information content (AvgIpc) is 3.16. The normalized spacial score (nSPS) is 15.0. The van der Waals surface area contributed by atoms with Crippen molar-refractivity contribution >= 4 is 17.5 Å². The van der Waals surface area contributed by atoms with Gasteiger partial charge in [0, 0.05) is 37.7 Å². The second-order valence-electron chi connectivity index (χ2n) is 6.92. The molecule has 8 nitrogen and oxygen atoms in total. The van der Waals surface area contributed by atoms with Crippen LogP contribution < -0.4 is 11.1 Å². The number of carbonyl (C=O) groups excluding carboxylic acids is 2. The van der Waals surface area contributed by atoms with E-state index >= 15 is 0 Å². The topological polar surface area (TPSA) is 117 Å². The maximum Gasteiger partial charge on any atom is 0.224 e. The Kier molecular flexibility index (Phi) is 6.18. The maximum absolute atomic E-state index is 12.2. The van der Waals surface area contributed by atoms with Gasteiger partial charge in [-0.2, -0.15) is 5.10 Å². The maximum atomic E-state index is 12.2. The number of nitrogens with one attached hydrogen (secondary N) is 2. The summed E-state index contributed by atoms with van der Waals surface area (Å²) in [7, 11) is 0. The summed E-state index contributed by atoms with van der Waals surface area (Å²) in [4.78, 5) is 29.7. The number of aromatic nitrogens is 3. The number of H-pyrrole nitrogens is 1. The van der Waals surface area contributed by atoms with Crippen molar-refractivity contribution in [3.63, 3.8) is 0 Å². The second-order valence-corrected chi connectivity index (χ2v) is 6.92. The fourth-order valence-corrected chi connectivity index (χ4v) is 3.31. The zero-order valence-electron chi connectivity index (χ0n) is 15.6. The number of amides is 2. The number of nitrogens with two attached hydrogens (primary N) is 1. The Morgan fingerprint density at radius 3 is 2.56 bits per heavy atom. The predicted octanol–water partition coefficient (Wildman–Crippen LogP) is 1.91. The van der Waals surface area contributed by atoms with Crippen LogP contribution in [0.3, 0.4) is 0 Å². The van der Waals surface area contributed by atoms with E-state index in [9.17, 15) is 9.59 Å². The Morgan fingerprint density at radius 2 is 1.96 bits per heavy atom. The van der Waals surface area contributed by atoms with Crippen LogP contribution in [-0.2, 0) is 16.1 Å².